The molecule has 2 heterocycles. The van der Waals surface area contributed by atoms with E-state index in [2.05, 4.69) is 10.4 Å². The molecule has 0 aliphatic carbocycles. The number of amides is 2. The van der Waals surface area contributed by atoms with Gasteiger partial charge in [-0.2, -0.15) is 5.01 Å². The summed E-state index contributed by atoms with van der Waals surface area (Å²) >= 11 is 0. The molecule has 2 aliphatic rings. The Hall–Kier alpha value is -2.41. The van der Waals surface area contributed by atoms with E-state index in [1.54, 1.807) is 31.2 Å². The summed E-state index contributed by atoms with van der Waals surface area (Å²) < 4.78 is 4.80. The molecule has 7 nitrogen and oxygen atoms in total. The molecule has 1 fully saturated rings. The van der Waals surface area contributed by atoms with Crippen molar-refractivity contribution in [3.05, 3.63) is 35.9 Å². The minimum absolute atomic E-state index is 0.0758. The number of imide groups is 1. The number of rotatable bonds is 2. The zero-order valence-electron chi connectivity index (χ0n) is 11.4. The van der Waals surface area contributed by atoms with Crippen LogP contribution in [0.3, 0.4) is 0 Å². The Morgan fingerprint density at radius 3 is 2.90 bits per heavy atom. The van der Waals surface area contributed by atoms with E-state index in [-0.39, 0.29) is 13.2 Å². The summed E-state index contributed by atoms with van der Waals surface area (Å²) in [5, 5.41) is 11.6. The van der Waals surface area contributed by atoms with Gasteiger partial charge in [0.25, 0.3) is 5.91 Å². The summed E-state index contributed by atoms with van der Waals surface area (Å²) in [6.07, 6.45) is -0.796. The number of aliphatic imine (C=N–C) groups is 1. The van der Waals surface area contributed by atoms with Crippen molar-refractivity contribution in [2.24, 2.45) is 10.9 Å². The third-order valence-electron chi connectivity index (χ3n) is 3.66. The van der Waals surface area contributed by atoms with Crippen molar-refractivity contribution in [1.82, 2.24) is 10.4 Å². The number of hydrogen-bond acceptors (Lipinski definition) is 6. The van der Waals surface area contributed by atoms with Crippen LogP contribution in [-0.4, -0.2) is 41.1 Å². The van der Waals surface area contributed by atoms with Crippen LogP contribution < -0.4 is 5.43 Å². The van der Waals surface area contributed by atoms with Crippen molar-refractivity contribution in [2.75, 3.05) is 13.2 Å². The normalized spacial score (nSPS) is 27.1. The predicted octanol–water partition coefficient (Wildman–Crippen LogP) is 0.406. The summed E-state index contributed by atoms with van der Waals surface area (Å²) in [5.41, 5.74) is 1.76. The van der Waals surface area contributed by atoms with E-state index in [0.717, 1.165) is 5.01 Å². The van der Waals surface area contributed by atoms with E-state index in [1.165, 1.54) is 0 Å². The fourth-order valence-corrected chi connectivity index (χ4v) is 2.64. The van der Waals surface area contributed by atoms with E-state index < -0.39 is 23.5 Å². The Morgan fingerprint density at radius 2 is 2.24 bits per heavy atom. The minimum Gasteiger partial charge on any atom is -0.448 e. The van der Waals surface area contributed by atoms with Crippen LogP contribution >= 0.6 is 0 Å². The van der Waals surface area contributed by atoms with E-state index in [9.17, 15) is 14.7 Å². The smallest absolute Gasteiger partial charge is 0.436 e. The van der Waals surface area contributed by atoms with Crippen molar-refractivity contribution in [3.63, 3.8) is 0 Å². The quantitative estimate of drug-likeness (QED) is 0.822. The van der Waals surface area contributed by atoms with E-state index >= 15 is 0 Å². The Balaban J connectivity index is 1.91. The predicted molar refractivity (Wildman–Crippen MR) is 73.1 cm³/mol. The first-order valence-corrected chi connectivity index (χ1v) is 6.67. The molecule has 1 aromatic carbocycles. The number of hydrogen-bond donors (Lipinski definition) is 2. The van der Waals surface area contributed by atoms with Crippen LogP contribution in [0.4, 0.5) is 4.79 Å². The number of hydrazine groups is 1. The van der Waals surface area contributed by atoms with Crippen LogP contribution in [0.15, 0.2) is 35.3 Å². The zero-order chi connectivity index (χ0) is 15.0. The maximum absolute atomic E-state index is 12.4. The first-order valence-electron chi connectivity index (χ1n) is 6.67. The molecule has 2 unspecified atom stereocenters. The second-order valence-corrected chi connectivity index (χ2v) is 4.91. The molecule has 0 saturated carbocycles. The maximum Gasteiger partial charge on any atom is 0.436 e. The van der Waals surface area contributed by atoms with Crippen molar-refractivity contribution in [1.29, 1.82) is 0 Å². The van der Waals surface area contributed by atoms with Gasteiger partial charge in [0.15, 0.2) is 0 Å². The molecular weight excluding hydrogens is 274 g/mol. The molecule has 1 saturated heterocycles. The SMILES string of the molecule is CCOC(=O)N1NC2=NCC(O)(c3ccccc3)C2C1=O. The molecule has 2 atom stereocenters. The van der Waals surface area contributed by atoms with Crippen LogP contribution in [0.5, 0.6) is 0 Å². The van der Waals surface area contributed by atoms with E-state index in [4.69, 9.17) is 4.74 Å². The number of carbonyl (C=O) groups is 2. The van der Waals surface area contributed by atoms with Crippen molar-refractivity contribution in [3.8, 4) is 0 Å². The topological polar surface area (TPSA) is 91.2 Å². The lowest BCUT2D eigenvalue weighted by Gasteiger charge is -2.26. The van der Waals surface area contributed by atoms with Crippen molar-refractivity contribution in [2.45, 2.75) is 12.5 Å². The number of nitrogens with zero attached hydrogens (tertiary/aromatic N) is 2. The number of amidine groups is 1. The Kier molecular flexibility index (Phi) is 3.13. The first-order chi connectivity index (χ1) is 10.1. The summed E-state index contributed by atoms with van der Waals surface area (Å²) in [4.78, 5) is 28.3. The van der Waals surface area contributed by atoms with Crippen molar-refractivity contribution >= 4 is 17.8 Å². The summed E-state index contributed by atoms with van der Waals surface area (Å²) in [7, 11) is 0. The Labute approximate surface area is 121 Å². The number of carbonyl (C=O) groups excluding carboxylic acids is 2. The van der Waals surface area contributed by atoms with Crippen LogP contribution in [-0.2, 0) is 15.1 Å². The highest BCUT2D eigenvalue weighted by molar-refractivity contribution is 6.15. The lowest BCUT2D eigenvalue weighted by Crippen LogP contribution is -2.44. The largest absolute Gasteiger partial charge is 0.448 e. The minimum atomic E-state index is -1.44. The molecule has 3 rings (SSSR count). The second kappa shape index (κ2) is 4.85. The van der Waals surface area contributed by atoms with Crippen molar-refractivity contribution < 1.29 is 19.4 Å². The maximum atomic E-state index is 12.4. The lowest BCUT2D eigenvalue weighted by atomic mass is 9.82. The molecule has 21 heavy (non-hydrogen) atoms. The Bertz CT molecular complexity index is 616. The number of benzene rings is 1. The summed E-state index contributed by atoms with van der Waals surface area (Å²) in [5.74, 6) is -1.18. The lowest BCUT2D eigenvalue weighted by molar-refractivity contribution is -0.136. The first kappa shape index (κ1) is 13.6. The van der Waals surface area contributed by atoms with Gasteiger partial charge in [0.05, 0.1) is 13.2 Å². The fraction of sp³-hybridized carbons (Fsp3) is 0.357. The van der Waals surface area contributed by atoms with Gasteiger partial charge >= 0.3 is 6.09 Å². The van der Waals surface area contributed by atoms with E-state index in [0.29, 0.717) is 11.4 Å². The third-order valence-corrected chi connectivity index (χ3v) is 3.66. The molecule has 7 heteroatoms. The summed E-state index contributed by atoms with van der Waals surface area (Å²) in [6.45, 7) is 1.88. The van der Waals surface area contributed by atoms with Gasteiger partial charge in [-0.25, -0.2) is 4.79 Å². The molecule has 2 amide bonds. The molecule has 2 N–H and O–H groups in total. The van der Waals surface area contributed by atoms with Gasteiger partial charge in [-0.05, 0) is 12.5 Å². The zero-order valence-corrected chi connectivity index (χ0v) is 11.4. The number of aliphatic hydroxyl groups is 1. The van der Waals surface area contributed by atoms with Crippen LogP contribution in [0, 0.1) is 5.92 Å². The van der Waals surface area contributed by atoms with Gasteiger partial charge in [0.2, 0.25) is 0 Å². The highest BCUT2D eigenvalue weighted by Crippen LogP contribution is 2.38. The number of nitrogens with one attached hydrogen (secondary N) is 1. The van der Waals surface area contributed by atoms with Gasteiger partial charge in [-0.3, -0.25) is 15.2 Å². The molecule has 110 valence electrons. The van der Waals surface area contributed by atoms with Crippen LogP contribution in [0.1, 0.15) is 12.5 Å². The molecular formula is C14H15N3O4. The molecule has 0 bridgehead atoms. The Morgan fingerprint density at radius 1 is 1.52 bits per heavy atom. The average Bonchev–Trinajstić information content (AvgIpc) is 3.00. The summed E-state index contributed by atoms with van der Waals surface area (Å²) in [6, 6.07) is 8.85. The van der Waals surface area contributed by atoms with Gasteiger partial charge in [-0.1, -0.05) is 30.3 Å². The number of fused-ring (bicyclic) bond motifs is 1. The average molecular weight is 289 g/mol. The molecule has 1 aromatic rings. The molecule has 0 radical (unpaired) electrons. The van der Waals surface area contributed by atoms with Crippen LogP contribution in [0.25, 0.3) is 0 Å². The highest BCUT2D eigenvalue weighted by atomic mass is 16.6. The van der Waals surface area contributed by atoms with Gasteiger partial charge in [0.1, 0.15) is 17.4 Å². The second-order valence-electron chi connectivity index (χ2n) is 4.91. The monoisotopic (exact) mass is 289 g/mol. The van der Waals surface area contributed by atoms with Gasteiger partial charge in [-0.15, -0.1) is 0 Å². The fourth-order valence-electron chi connectivity index (χ4n) is 2.64. The standard InChI is InChI=1S/C14H15N3O4/c1-2-21-13(19)17-12(18)10-11(16-17)15-8-14(10,20)9-6-4-3-5-7-9/h3-7,10,20H,2,8H2,1H3,(H,15,16). The molecule has 2 aliphatic heterocycles. The molecule has 0 spiro atoms. The van der Waals surface area contributed by atoms with Gasteiger partial charge < -0.3 is 9.84 Å². The highest BCUT2D eigenvalue weighted by Gasteiger charge is 2.57. The van der Waals surface area contributed by atoms with Gasteiger partial charge in [0, 0.05) is 0 Å². The third kappa shape index (κ3) is 1.97. The molecule has 0 aromatic heterocycles. The van der Waals surface area contributed by atoms with Crippen LogP contribution in [0.2, 0.25) is 0 Å². The number of ether oxygens (including phenoxy) is 1. The van der Waals surface area contributed by atoms with E-state index in [1.807, 2.05) is 6.07 Å².